The van der Waals surface area contributed by atoms with E-state index in [0.29, 0.717) is 29.3 Å². The molecular weight excluding hydrogens is 430 g/mol. The van der Waals surface area contributed by atoms with Crippen LogP contribution >= 0.6 is 0 Å². The van der Waals surface area contributed by atoms with E-state index in [9.17, 15) is 5.11 Å². The van der Waals surface area contributed by atoms with Gasteiger partial charge < -0.3 is 9.84 Å². The van der Waals surface area contributed by atoms with Gasteiger partial charge in [-0.2, -0.15) is 0 Å². The summed E-state index contributed by atoms with van der Waals surface area (Å²) < 4.78 is 37.4. The summed E-state index contributed by atoms with van der Waals surface area (Å²) >= 11 is 0. The van der Waals surface area contributed by atoms with Crippen LogP contribution in [0.25, 0.3) is 0 Å². The van der Waals surface area contributed by atoms with E-state index in [1.165, 1.54) is 25.7 Å². The molecule has 0 unspecified atom stereocenters. The Morgan fingerprint density at radius 3 is 2.15 bits per heavy atom. The second-order valence-electron chi connectivity index (χ2n) is 15.9. The SMILES string of the molecule is CC1(C)CC[C@]23CC[C@]4(C)[C@H](CC[C@@H]5[C@@]6(C)CC(F)(F)[C@H](O)C(C)(C)[C@@H]6CC[C@]54C)[C@@H]2[C@H]1OC3. The molecule has 4 heteroatoms. The first-order valence-corrected chi connectivity index (χ1v) is 14.2. The van der Waals surface area contributed by atoms with Crippen molar-refractivity contribution in [3.05, 3.63) is 0 Å². The third-order valence-electron chi connectivity index (χ3n) is 14.0. The average molecular weight is 479 g/mol. The lowest BCUT2D eigenvalue weighted by Crippen LogP contribution is -2.70. The van der Waals surface area contributed by atoms with Crippen LogP contribution < -0.4 is 0 Å². The highest BCUT2D eigenvalue weighted by atomic mass is 19.3. The molecular formula is C30H48F2O2. The molecule has 6 aliphatic rings. The van der Waals surface area contributed by atoms with E-state index >= 15 is 8.78 Å². The van der Waals surface area contributed by atoms with E-state index in [0.717, 1.165) is 32.3 Å². The van der Waals surface area contributed by atoms with Crippen molar-refractivity contribution in [3.8, 4) is 0 Å². The molecule has 0 radical (unpaired) electrons. The van der Waals surface area contributed by atoms with E-state index in [4.69, 9.17) is 4.74 Å². The molecule has 0 spiro atoms. The molecule has 0 aromatic carbocycles. The van der Waals surface area contributed by atoms with Gasteiger partial charge in [0.05, 0.1) is 12.7 Å². The van der Waals surface area contributed by atoms with Gasteiger partial charge in [0.15, 0.2) is 0 Å². The lowest BCUT2D eigenvalue weighted by atomic mass is 9.31. The summed E-state index contributed by atoms with van der Waals surface area (Å²) in [7, 11) is 0. The Morgan fingerprint density at radius 2 is 1.44 bits per heavy atom. The maximum atomic E-state index is 15.4. The fraction of sp³-hybridized carbons (Fsp3) is 1.00. The molecule has 1 heterocycles. The molecule has 5 aliphatic carbocycles. The van der Waals surface area contributed by atoms with E-state index in [1.54, 1.807) is 0 Å². The molecule has 34 heavy (non-hydrogen) atoms. The van der Waals surface area contributed by atoms with E-state index < -0.39 is 22.9 Å². The van der Waals surface area contributed by atoms with Crippen LogP contribution in [-0.4, -0.2) is 29.8 Å². The van der Waals surface area contributed by atoms with Crippen LogP contribution in [0.15, 0.2) is 0 Å². The molecule has 0 aromatic rings. The molecule has 10 atom stereocenters. The summed E-state index contributed by atoms with van der Waals surface area (Å²) in [6, 6.07) is 0. The first-order valence-electron chi connectivity index (χ1n) is 14.2. The smallest absolute Gasteiger partial charge is 0.274 e. The van der Waals surface area contributed by atoms with Gasteiger partial charge in [-0.3, -0.25) is 0 Å². The Kier molecular flexibility index (Phi) is 4.69. The third-order valence-corrected chi connectivity index (χ3v) is 14.0. The molecule has 5 saturated carbocycles. The summed E-state index contributed by atoms with van der Waals surface area (Å²) in [6.07, 6.45) is 8.00. The summed E-state index contributed by atoms with van der Waals surface area (Å²) in [5, 5.41) is 10.7. The molecule has 1 N–H and O–H groups in total. The number of alkyl halides is 2. The lowest BCUT2D eigenvalue weighted by Gasteiger charge is -2.73. The highest BCUT2D eigenvalue weighted by Crippen LogP contribution is 2.78. The van der Waals surface area contributed by atoms with Crippen LogP contribution in [0.5, 0.6) is 0 Å². The normalized spacial score (nSPS) is 58.8. The van der Waals surface area contributed by atoms with Gasteiger partial charge in [0.25, 0.3) is 5.92 Å². The third kappa shape index (κ3) is 2.59. The second kappa shape index (κ2) is 6.61. The minimum Gasteiger partial charge on any atom is -0.386 e. The zero-order valence-electron chi connectivity index (χ0n) is 22.6. The van der Waals surface area contributed by atoms with Gasteiger partial charge in [0.1, 0.15) is 6.10 Å². The molecule has 194 valence electrons. The zero-order chi connectivity index (χ0) is 24.7. The molecule has 6 rings (SSSR count). The zero-order valence-corrected chi connectivity index (χ0v) is 22.6. The van der Waals surface area contributed by atoms with Crippen molar-refractivity contribution >= 4 is 0 Å². The summed E-state index contributed by atoms with van der Waals surface area (Å²) in [6.45, 7) is 16.8. The van der Waals surface area contributed by atoms with Crippen molar-refractivity contribution < 1.29 is 18.6 Å². The molecule has 6 fully saturated rings. The highest BCUT2D eigenvalue weighted by Gasteiger charge is 2.74. The second-order valence-corrected chi connectivity index (χ2v) is 15.9. The maximum Gasteiger partial charge on any atom is 0.274 e. The number of aliphatic hydroxyl groups is 1. The minimum absolute atomic E-state index is 0.0677. The monoisotopic (exact) mass is 478 g/mol. The Hall–Kier alpha value is -0.220. The number of hydrogen-bond acceptors (Lipinski definition) is 2. The van der Waals surface area contributed by atoms with Gasteiger partial charge in [-0.25, -0.2) is 8.78 Å². The van der Waals surface area contributed by atoms with Crippen LogP contribution in [0.2, 0.25) is 0 Å². The van der Waals surface area contributed by atoms with Crippen molar-refractivity contribution in [3.63, 3.8) is 0 Å². The summed E-state index contributed by atoms with van der Waals surface area (Å²) in [5.41, 5.74) is -0.351. The highest BCUT2D eigenvalue weighted by molar-refractivity contribution is 5.22. The van der Waals surface area contributed by atoms with Gasteiger partial charge in [0, 0.05) is 6.42 Å². The Morgan fingerprint density at radius 1 is 0.765 bits per heavy atom. The van der Waals surface area contributed by atoms with Gasteiger partial charge in [-0.05, 0) is 108 Å². The van der Waals surface area contributed by atoms with E-state index in [-0.39, 0.29) is 28.6 Å². The fourth-order valence-electron chi connectivity index (χ4n) is 12.1. The molecule has 1 saturated heterocycles. The molecule has 0 amide bonds. The van der Waals surface area contributed by atoms with Crippen LogP contribution in [0.3, 0.4) is 0 Å². The lowest BCUT2D eigenvalue weighted by molar-refractivity contribution is -0.297. The Balaban J connectivity index is 1.41. The largest absolute Gasteiger partial charge is 0.386 e. The topological polar surface area (TPSA) is 29.5 Å². The van der Waals surface area contributed by atoms with Crippen LogP contribution in [0.4, 0.5) is 8.78 Å². The van der Waals surface area contributed by atoms with Crippen molar-refractivity contribution in [1.29, 1.82) is 0 Å². The summed E-state index contributed by atoms with van der Waals surface area (Å²) in [5.74, 6) is -1.30. The molecule has 1 aliphatic heterocycles. The number of ether oxygens (including phenoxy) is 1. The molecule has 2 bridgehead atoms. The standard InChI is InChI=1S/C30H48F2O2/c1-24(2)12-14-29-15-13-27(6)18(21(29)22(24)34-17-29)8-9-20-26(5)16-30(31,32)23(33)25(3,4)19(26)10-11-28(20,27)7/h18-23,33H,8-17H2,1-7H3/t18-,19+,20-,21-,22-,23-,26+,27-,28-,29-/m1/s1. The Bertz CT molecular complexity index is 883. The fourth-order valence-corrected chi connectivity index (χ4v) is 12.1. The number of aliphatic hydroxyl groups excluding tert-OH is 1. The van der Waals surface area contributed by atoms with Gasteiger partial charge >= 0.3 is 0 Å². The Labute approximate surface area is 206 Å². The van der Waals surface area contributed by atoms with Crippen molar-refractivity contribution in [1.82, 2.24) is 0 Å². The predicted octanol–water partition coefficient (Wildman–Crippen LogP) is 7.48. The van der Waals surface area contributed by atoms with Gasteiger partial charge in [0.2, 0.25) is 0 Å². The molecule has 2 nitrogen and oxygen atoms in total. The van der Waals surface area contributed by atoms with Crippen LogP contribution in [0, 0.1) is 56.2 Å². The van der Waals surface area contributed by atoms with Crippen LogP contribution in [0.1, 0.15) is 106 Å². The van der Waals surface area contributed by atoms with Crippen LogP contribution in [-0.2, 0) is 4.74 Å². The van der Waals surface area contributed by atoms with Gasteiger partial charge in [-0.1, -0.05) is 48.5 Å². The quantitative estimate of drug-likeness (QED) is 0.391. The van der Waals surface area contributed by atoms with Crippen molar-refractivity contribution in [2.45, 2.75) is 124 Å². The number of rotatable bonds is 0. The minimum atomic E-state index is -3.01. The molecule has 0 aromatic heterocycles. The first kappa shape index (κ1) is 24.1. The average Bonchev–Trinajstić information content (AvgIpc) is 3.06. The number of halogens is 2. The predicted molar refractivity (Wildman–Crippen MR) is 131 cm³/mol. The summed E-state index contributed by atoms with van der Waals surface area (Å²) in [4.78, 5) is 0. The first-order chi connectivity index (χ1) is 15.6. The van der Waals surface area contributed by atoms with E-state index in [1.807, 2.05) is 13.8 Å². The van der Waals surface area contributed by atoms with Crippen molar-refractivity contribution in [2.24, 2.45) is 56.2 Å². The van der Waals surface area contributed by atoms with Gasteiger partial charge in [-0.15, -0.1) is 0 Å². The maximum absolute atomic E-state index is 15.4. The van der Waals surface area contributed by atoms with Crippen molar-refractivity contribution in [2.75, 3.05) is 6.61 Å². The van der Waals surface area contributed by atoms with E-state index in [2.05, 4.69) is 34.6 Å². The number of hydrogen-bond donors (Lipinski definition) is 1. The number of fused-ring (bicyclic) bond motifs is 5.